The Morgan fingerprint density at radius 2 is 2.08 bits per heavy atom. The Kier molecular flexibility index (Phi) is 5.14. The number of aromatic nitrogens is 3. The van der Waals surface area contributed by atoms with E-state index in [1.54, 1.807) is 0 Å². The van der Waals surface area contributed by atoms with E-state index in [4.69, 9.17) is 0 Å². The van der Waals surface area contributed by atoms with Gasteiger partial charge in [0.15, 0.2) is 0 Å². The van der Waals surface area contributed by atoms with Crippen LogP contribution in [0.25, 0.3) is 0 Å². The number of nitriles is 1. The van der Waals surface area contributed by atoms with Gasteiger partial charge < -0.3 is 9.88 Å². The molecule has 0 aromatic carbocycles. The Hall–Kier alpha value is -1.94. The standard InChI is InChI=1S/C17H26N6O/c1-13(16(24)20-17(12-18)8-4-2-5-9-17)19-11-15-22-21-14-7-3-6-10-23(14)15/h13,19H,2-11H2,1H3,(H,20,24). The fourth-order valence-electron chi connectivity index (χ4n) is 3.60. The highest BCUT2D eigenvalue weighted by Crippen LogP contribution is 2.27. The van der Waals surface area contributed by atoms with Crippen molar-refractivity contribution in [3.8, 4) is 6.07 Å². The van der Waals surface area contributed by atoms with Gasteiger partial charge in [0.25, 0.3) is 0 Å². The first-order chi connectivity index (χ1) is 11.6. The van der Waals surface area contributed by atoms with Crippen molar-refractivity contribution in [1.82, 2.24) is 25.4 Å². The van der Waals surface area contributed by atoms with E-state index >= 15 is 0 Å². The number of carbonyl (C=O) groups excluding carboxylic acids is 1. The number of rotatable bonds is 5. The highest BCUT2D eigenvalue weighted by atomic mass is 16.2. The van der Waals surface area contributed by atoms with Gasteiger partial charge in [0.2, 0.25) is 5.91 Å². The number of carbonyl (C=O) groups is 1. The summed E-state index contributed by atoms with van der Waals surface area (Å²) < 4.78 is 2.15. The third-order valence-corrected chi connectivity index (χ3v) is 5.18. The van der Waals surface area contributed by atoms with Crippen LogP contribution in [0.1, 0.15) is 63.5 Å². The Morgan fingerprint density at radius 1 is 1.29 bits per heavy atom. The molecule has 1 saturated carbocycles. The number of amides is 1. The Bertz CT molecular complexity index is 626. The summed E-state index contributed by atoms with van der Waals surface area (Å²) in [4.78, 5) is 12.5. The van der Waals surface area contributed by atoms with Gasteiger partial charge in [0, 0.05) is 13.0 Å². The number of nitrogens with one attached hydrogen (secondary N) is 2. The molecule has 1 unspecified atom stereocenters. The van der Waals surface area contributed by atoms with E-state index in [0.717, 1.165) is 63.1 Å². The normalized spacial score (nSPS) is 20.7. The molecule has 0 spiro atoms. The molecule has 24 heavy (non-hydrogen) atoms. The van der Waals surface area contributed by atoms with Gasteiger partial charge in [-0.1, -0.05) is 19.3 Å². The van der Waals surface area contributed by atoms with Crippen LogP contribution in [-0.4, -0.2) is 32.3 Å². The number of hydrogen-bond acceptors (Lipinski definition) is 5. The molecule has 0 bridgehead atoms. The van der Waals surface area contributed by atoms with E-state index < -0.39 is 5.54 Å². The molecule has 0 saturated heterocycles. The molecule has 1 aromatic heterocycles. The number of nitrogens with zero attached hydrogens (tertiary/aromatic N) is 4. The summed E-state index contributed by atoms with van der Waals surface area (Å²) in [5.41, 5.74) is -0.681. The zero-order chi connectivity index (χ0) is 17.0. The summed E-state index contributed by atoms with van der Waals surface area (Å²) in [6.45, 7) is 3.30. The Balaban J connectivity index is 1.55. The minimum atomic E-state index is -0.681. The lowest BCUT2D eigenvalue weighted by Gasteiger charge is -2.32. The van der Waals surface area contributed by atoms with E-state index in [9.17, 15) is 10.1 Å². The first-order valence-electron chi connectivity index (χ1n) is 9.01. The van der Waals surface area contributed by atoms with Crippen LogP contribution in [0.3, 0.4) is 0 Å². The van der Waals surface area contributed by atoms with Crippen LogP contribution in [0.15, 0.2) is 0 Å². The van der Waals surface area contributed by atoms with Crippen molar-refractivity contribution in [3.05, 3.63) is 11.6 Å². The van der Waals surface area contributed by atoms with Gasteiger partial charge in [-0.15, -0.1) is 10.2 Å². The van der Waals surface area contributed by atoms with Crippen LogP contribution in [-0.2, 0) is 24.3 Å². The van der Waals surface area contributed by atoms with E-state index in [-0.39, 0.29) is 11.9 Å². The largest absolute Gasteiger partial charge is 0.336 e. The maximum Gasteiger partial charge on any atom is 0.238 e. The quantitative estimate of drug-likeness (QED) is 0.851. The van der Waals surface area contributed by atoms with Crippen molar-refractivity contribution >= 4 is 5.91 Å². The lowest BCUT2D eigenvalue weighted by molar-refractivity contribution is -0.124. The average molecular weight is 330 g/mol. The third-order valence-electron chi connectivity index (χ3n) is 5.18. The first-order valence-corrected chi connectivity index (χ1v) is 9.01. The predicted molar refractivity (Wildman–Crippen MR) is 88.8 cm³/mol. The van der Waals surface area contributed by atoms with Crippen LogP contribution in [0, 0.1) is 11.3 Å². The number of aryl methyl sites for hydroxylation is 1. The van der Waals surface area contributed by atoms with Crippen molar-refractivity contribution in [3.63, 3.8) is 0 Å². The molecule has 1 aromatic rings. The molecular weight excluding hydrogens is 304 g/mol. The molecule has 7 heteroatoms. The molecule has 1 amide bonds. The molecule has 2 N–H and O–H groups in total. The van der Waals surface area contributed by atoms with E-state index in [0.29, 0.717) is 6.54 Å². The molecule has 3 rings (SSSR count). The van der Waals surface area contributed by atoms with Crippen molar-refractivity contribution in [2.45, 2.75) is 83.0 Å². The minimum Gasteiger partial charge on any atom is -0.336 e. The van der Waals surface area contributed by atoms with Crippen LogP contribution in [0.5, 0.6) is 0 Å². The van der Waals surface area contributed by atoms with Crippen LogP contribution < -0.4 is 10.6 Å². The smallest absolute Gasteiger partial charge is 0.238 e. The molecular formula is C17H26N6O. The molecule has 0 radical (unpaired) electrons. The van der Waals surface area contributed by atoms with E-state index in [1.807, 2.05) is 6.92 Å². The Labute approximate surface area is 142 Å². The zero-order valence-electron chi connectivity index (χ0n) is 14.3. The third kappa shape index (κ3) is 3.59. The summed E-state index contributed by atoms with van der Waals surface area (Å²) in [6, 6.07) is 1.96. The molecule has 1 fully saturated rings. The maximum absolute atomic E-state index is 12.5. The Morgan fingerprint density at radius 3 is 2.83 bits per heavy atom. The maximum atomic E-state index is 12.5. The second kappa shape index (κ2) is 7.31. The summed E-state index contributed by atoms with van der Waals surface area (Å²) in [6.07, 6.45) is 7.95. The van der Waals surface area contributed by atoms with Crippen LogP contribution in [0.4, 0.5) is 0 Å². The van der Waals surface area contributed by atoms with Gasteiger partial charge in [-0.3, -0.25) is 10.1 Å². The SMILES string of the molecule is CC(NCc1nnc2n1CCCC2)C(=O)NC1(C#N)CCCCC1. The van der Waals surface area contributed by atoms with Crippen molar-refractivity contribution < 1.29 is 4.79 Å². The summed E-state index contributed by atoms with van der Waals surface area (Å²) in [7, 11) is 0. The van der Waals surface area contributed by atoms with Gasteiger partial charge in [-0.05, 0) is 32.6 Å². The summed E-state index contributed by atoms with van der Waals surface area (Å²) >= 11 is 0. The average Bonchev–Trinajstić information content (AvgIpc) is 3.03. The van der Waals surface area contributed by atoms with Crippen molar-refractivity contribution in [2.75, 3.05) is 0 Å². The van der Waals surface area contributed by atoms with Crippen LogP contribution in [0.2, 0.25) is 0 Å². The van der Waals surface area contributed by atoms with E-state index in [1.165, 1.54) is 6.42 Å². The predicted octanol–water partition coefficient (Wildman–Crippen LogP) is 1.44. The van der Waals surface area contributed by atoms with E-state index in [2.05, 4.69) is 31.5 Å². The lowest BCUT2D eigenvalue weighted by Crippen LogP contribution is -2.54. The van der Waals surface area contributed by atoms with Crippen LogP contribution >= 0.6 is 0 Å². The topological polar surface area (TPSA) is 95.6 Å². The molecule has 1 atom stereocenters. The highest BCUT2D eigenvalue weighted by Gasteiger charge is 2.34. The minimum absolute atomic E-state index is 0.114. The molecule has 1 aliphatic heterocycles. The van der Waals surface area contributed by atoms with Gasteiger partial charge in [-0.2, -0.15) is 5.26 Å². The second-order valence-corrected chi connectivity index (χ2v) is 6.99. The number of fused-ring (bicyclic) bond motifs is 1. The molecule has 2 heterocycles. The fraction of sp³-hybridized carbons (Fsp3) is 0.765. The number of hydrogen-bond donors (Lipinski definition) is 2. The summed E-state index contributed by atoms with van der Waals surface area (Å²) in [5, 5.41) is 24.1. The highest BCUT2D eigenvalue weighted by molar-refractivity contribution is 5.82. The molecule has 130 valence electrons. The van der Waals surface area contributed by atoms with Crippen molar-refractivity contribution in [2.24, 2.45) is 0 Å². The monoisotopic (exact) mass is 330 g/mol. The molecule has 7 nitrogen and oxygen atoms in total. The second-order valence-electron chi connectivity index (χ2n) is 6.99. The van der Waals surface area contributed by atoms with Gasteiger partial charge in [0.05, 0.1) is 18.7 Å². The molecule has 1 aliphatic carbocycles. The first kappa shape index (κ1) is 16.9. The van der Waals surface area contributed by atoms with Gasteiger partial charge >= 0.3 is 0 Å². The lowest BCUT2D eigenvalue weighted by atomic mass is 9.82. The molecule has 2 aliphatic rings. The zero-order valence-corrected chi connectivity index (χ0v) is 14.3. The fourth-order valence-corrected chi connectivity index (χ4v) is 3.60. The van der Waals surface area contributed by atoms with Crippen molar-refractivity contribution in [1.29, 1.82) is 5.26 Å². The van der Waals surface area contributed by atoms with Gasteiger partial charge in [0.1, 0.15) is 17.2 Å². The summed E-state index contributed by atoms with van der Waals surface area (Å²) in [5.74, 6) is 1.81. The van der Waals surface area contributed by atoms with Gasteiger partial charge in [-0.25, -0.2) is 0 Å².